The van der Waals surface area contributed by atoms with Crippen LogP contribution in [0.1, 0.15) is 70.8 Å². The standard InChI is InChI=1S/C26H41N3O6/c1-3-4-12-26(2,20-27-24(31)32)18-23(30)29(25(33)34)15-9-16-35-22-11-8-10-21(17-22)19-28-13-6-5-7-14-28/h8,10-11,17,27H,3-7,9,12-16,18-20H2,1-2H3,(H,31,32)(H,33,34). The topological polar surface area (TPSA) is 119 Å². The number of amides is 3. The maximum atomic E-state index is 12.8. The molecule has 1 saturated heterocycles. The van der Waals surface area contributed by atoms with Crippen molar-refractivity contribution in [3.05, 3.63) is 29.8 Å². The molecule has 1 aromatic rings. The second-order valence-electron chi connectivity index (χ2n) is 9.76. The number of hydrogen-bond acceptors (Lipinski definition) is 5. The van der Waals surface area contributed by atoms with E-state index in [0.717, 1.165) is 43.1 Å². The SMILES string of the molecule is CCCCC(C)(CNC(=O)O)CC(=O)N(CCCOc1cccc(CN2CCCCC2)c1)C(=O)O. The number of imide groups is 1. The Hall–Kier alpha value is -2.81. The molecule has 1 fully saturated rings. The first-order valence-corrected chi connectivity index (χ1v) is 12.7. The maximum absolute atomic E-state index is 12.8. The second kappa shape index (κ2) is 14.6. The van der Waals surface area contributed by atoms with Gasteiger partial charge in [0.15, 0.2) is 0 Å². The summed E-state index contributed by atoms with van der Waals surface area (Å²) in [5.74, 6) is 0.214. The molecule has 1 aliphatic rings. The van der Waals surface area contributed by atoms with Crippen molar-refractivity contribution in [3.63, 3.8) is 0 Å². The summed E-state index contributed by atoms with van der Waals surface area (Å²) >= 11 is 0. The Kier molecular flexibility index (Phi) is 11.8. The van der Waals surface area contributed by atoms with E-state index in [1.165, 1.54) is 24.8 Å². The lowest BCUT2D eigenvalue weighted by atomic mass is 9.81. The van der Waals surface area contributed by atoms with Gasteiger partial charge in [-0.25, -0.2) is 14.5 Å². The minimum atomic E-state index is -1.30. The van der Waals surface area contributed by atoms with E-state index >= 15 is 0 Å². The number of likely N-dealkylation sites (tertiary alicyclic amines) is 1. The lowest BCUT2D eigenvalue weighted by Crippen LogP contribution is -2.43. The summed E-state index contributed by atoms with van der Waals surface area (Å²) in [6, 6.07) is 7.95. The van der Waals surface area contributed by atoms with Crippen molar-refractivity contribution in [2.24, 2.45) is 5.41 Å². The number of hydrogen-bond donors (Lipinski definition) is 3. The first-order chi connectivity index (χ1) is 16.7. The minimum Gasteiger partial charge on any atom is -0.494 e. The third kappa shape index (κ3) is 10.5. The molecule has 0 saturated carbocycles. The van der Waals surface area contributed by atoms with Gasteiger partial charge < -0.3 is 20.3 Å². The summed E-state index contributed by atoms with van der Waals surface area (Å²) in [6.07, 6.45) is 3.98. The number of nitrogens with zero attached hydrogens (tertiary/aromatic N) is 2. The van der Waals surface area contributed by atoms with Crippen LogP contribution in [0, 0.1) is 5.41 Å². The summed E-state index contributed by atoms with van der Waals surface area (Å²) in [5.41, 5.74) is 0.540. The molecule has 1 heterocycles. The first kappa shape index (κ1) is 28.4. The number of carbonyl (C=O) groups excluding carboxylic acids is 1. The van der Waals surface area contributed by atoms with Crippen molar-refractivity contribution in [1.82, 2.24) is 15.1 Å². The third-order valence-electron chi connectivity index (χ3n) is 6.46. The number of rotatable bonds is 14. The highest BCUT2D eigenvalue weighted by Gasteiger charge is 2.32. The van der Waals surface area contributed by atoms with Gasteiger partial charge in [0.1, 0.15) is 5.75 Å². The van der Waals surface area contributed by atoms with Gasteiger partial charge in [0.25, 0.3) is 0 Å². The molecule has 196 valence electrons. The van der Waals surface area contributed by atoms with Gasteiger partial charge in [-0.3, -0.25) is 9.69 Å². The third-order valence-corrected chi connectivity index (χ3v) is 6.46. The van der Waals surface area contributed by atoms with Crippen LogP contribution in [0.3, 0.4) is 0 Å². The predicted octanol–water partition coefficient (Wildman–Crippen LogP) is 4.80. The van der Waals surface area contributed by atoms with E-state index in [4.69, 9.17) is 9.84 Å². The van der Waals surface area contributed by atoms with E-state index in [2.05, 4.69) is 16.3 Å². The van der Waals surface area contributed by atoms with Crippen molar-refractivity contribution in [2.45, 2.75) is 71.8 Å². The Morgan fingerprint density at radius 1 is 1.14 bits per heavy atom. The second-order valence-corrected chi connectivity index (χ2v) is 9.76. The van der Waals surface area contributed by atoms with Crippen LogP contribution < -0.4 is 10.1 Å². The van der Waals surface area contributed by atoms with Gasteiger partial charge in [-0.05, 0) is 61.9 Å². The molecule has 9 nitrogen and oxygen atoms in total. The molecule has 0 spiro atoms. The molecule has 1 unspecified atom stereocenters. The first-order valence-electron chi connectivity index (χ1n) is 12.7. The summed E-state index contributed by atoms with van der Waals surface area (Å²) in [6.45, 7) is 7.37. The van der Waals surface area contributed by atoms with Crippen LogP contribution in [-0.2, 0) is 11.3 Å². The number of carbonyl (C=O) groups is 3. The normalized spacial score (nSPS) is 15.7. The quantitative estimate of drug-likeness (QED) is 0.320. The largest absolute Gasteiger partial charge is 0.494 e. The zero-order valence-electron chi connectivity index (χ0n) is 21.1. The van der Waals surface area contributed by atoms with Gasteiger partial charge in [0, 0.05) is 26.1 Å². The van der Waals surface area contributed by atoms with Crippen LogP contribution in [0.2, 0.25) is 0 Å². The zero-order chi connectivity index (χ0) is 25.7. The molecule has 2 rings (SSSR count). The Morgan fingerprint density at radius 3 is 2.54 bits per heavy atom. The van der Waals surface area contributed by atoms with Gasteiger partial charge in [-0.2, -0.15) is 0 Å². The predicted molar refractivity (Wildman–Crippen MR) is 134 cm³/mol. The van der Waals surface area contributed by atoms with Crippen molar-refractivity contribution >= 4 is 18.1 Å². The molecular weight excluding hydrogens is 450 g/mol. The maximum Gasteiger partial charge on any atom is 0.414 e. The molecule has 9 heteroatoms. The molecule has 1 aromatic carbocycles. The van der Waals surface area contributed by atoms with E-state index in [-0.39, 0.29) is 26.1 Å². The molecule has 0 radical (unpaired) electrons. The number of ether oxygens (including phenoxy) is 1. The molecular formula is C26H41N3O6. The summed E-state index contributed by atoms with van der Waals surface area (Å²) < 4.78 is 5.84. The van der Waals surface area contributed by atoms with Crippen molar-refractivity contribution in [1.29, 1.82) is 0 Å². The zero-order valence-corrected chi connectivity index (χ0v) is 21.1. The van der Waals surface area contributed by atoms with Crippen molar-refractivity contribution in [3.8, 4) is 5.75 Å². The van der Waals surface area contributed by atoms with Gasteiger partial charge >= 0.3 is 12.2 Å². The molecule has 0 aliphatic carbocycles. The smallest absolute Gasteiger partial charge is 0.414 e. The van der Waals surface area contributed by atoms with Gasteiger partial charge in [-0.1, -0.05) is 45.2 Å². The minimum absolute atomic E-state index is 0.0256. The van der Waals surface area contributed by atoms with Gasteiger partial charge in [-0.15, -0.1) is 0 Å². The fourth-order valence-corrected chi connectivity index (χ4v) is 4.44. The number of piperidine rings is 1. The van der Waals surface area contributed by atoms with Crippen LogP contribution in [-0.4, -0.2) is 70.9 Å². The van der Waals surface area contributed by atoms with Crippen molar-refractivity contribution in [2.75, 3.05) is 32.8 Å². The summed E-state index contributed by atoms with van der Waals surface area (Å²) in [7, 11) is 0. The molecule has 1 aliphatic heterocycles. The molecule has 3 N–H and O–H groups in total. The van der Waals surface area contributed by atoms with Gasteiger partial charge in [0.2, 0.25) is 5.91 Å². The van der Waals surface area contributed by atoms with Crippen LogP contribution in [0.4, 0.5) is 9.59 Å². The highest BCUT2D eigenvalue weighted by atomic mass is 16.5. The summed E-state index contributed by atoms with van der Waals surface area (Å²) in [4.78, 5) is 38.8. The fraction of sp³-hybridized carbons (Fsp3) is 0.654. The molecule has 3 amide bonds. The number of unbranched alkanes of at least 4 members (excludes halogenated alkanes) is 1. The molecule has 35 heavy (non-hydrogen) atoms. The van der Waals surface area contributed by atoms with Crippen LogP contribution in [0.25, 0.3) is 0 Å². The average molecular weight is 492 g/mol. The van der Waals surface area contributed by atoms with E-state index < -0.39 is 23.5 Å². The lowest BCUT2D eigenvalue weighted by Gasteiger charge is -2.30. The Morgan fingerprint density at radius 2 is 1.89 bits per heavy atom. The molecule has 1 atom stereocenters. The lowest BCUT2D eigenvalue weighted by molar-refractivity contribution is -0.131. The van der Waals surface area contributed by atoms with E-state index in [0.29, 0.717) is 12.8 Å². The van der Waals surface area contributed by atoms with Crippen molar-refractivity contribution < 1.29 is 29.3 Å². The fourth-order valence-electron chi connectivity index (χ4n) is 4.44. The summed E-state index contributed by atoms with van der Waals surface area (Å²) in [5, 5.41) is 20.9. The van der Waals surface area contributed by atoms with E-state index in [9.17, 15) is 19.5 Å². The van der Waals surface area contributed by atoms with E-state index in [1.807, 2.05) is 32.0 Å². The number of nitrogens with one attached hydrogen (secondary N) is 1. The van der Waals surface area contributed by atoms with Crippen LogP contribution in [0.5, 0.6) is 5.75 Å². The molecule has 0 aromatic heterocycles. The Labute approximate surface area is 208 Å². The Balaban J connectivity index is 1.86. The highest BCUT2D eigenvalue weighted by molar-refractivity contribution is 5.91. The van der Waals surface area contributed by atoms with Crippen LogP contribution in [0.15, 0.2) is 24.3 Å². The number of carboxylic acid groups (broad SMARTS) is 2. The average Bonchev–Trinajstić information content (AvgIpc) is 2.82. The monoisotopic (exact) mass is 491 g/mol. The highest BCUT2D eigenvalue weighted by Crippen LogP contribution is 2.29. The van der Waals surface area contributed by atoms with Gasteiger partial charge in [0.05, 0.1) is 6.61 Å². The van der Waals surface area contributed by atoms with E-state index in [1.54, 1.807) is 0 Å². The Bertz CT molecular complexity index is 827. The molecule has 0 bridgehead atoms. The number of benzene rings is 1. The van der Waals surface area contributed by atoms with Crippen LogP contribution >= 0.6 is 0 Å².